The molecule has 2 aromatic rings. The topological polar surface area (TPSA) is 46.2 Å². The molecular formula is C20H27NO2SSi. The highest BCUT2D eigenvalue weighted by Crippen LogP contribution is 2.13. The van der Waals surface area contributed by atoms with Crippen LogP contribution in [0.3, 0.4) is 0 Å². The first-order valence-corrected chi connectivity index (χ1v) is 13.2. The van der Waals surface area contributed by atoms with Crippen LogP contribution in [0.25, 0.3) is 0 Å². The highest BCUT2D eigenvalue weighted by molar-refractivity contribution is 7.89. The number of nitrogens with one attached hydrogen (secondary N) is 1. The summed E-state index contributed by atoms with van der Waals surface area (Å²) in [6, 6.07) is 18.2. The highest BCUT2D eigenvalue weighted by Gasteiger charge is 2.21. The van der Waals surface area contributed by atoms with E-state index in [0.29, 0.717) is 4.90 Å². The third kappa shape index (κ3) is 5.66. The van der Waals surface area contributed by atoms with E-state index in [1.165, 1.54) is 5.19 Å². The van der Waals surface area contributed by atoms with Gasteiger partial charge in [-0.2, -0.15) is 0 Å². The number of hydrogen-bond acceptors (Lipinski definition) is 2. The zero-order valence-electron chi connectivity index (χ0n) is 15.4. The lowest BCUT2D eigenvalue weighted by Crippen LogP contribution is -2.40. The Balaban J connectivity index is 1.98. The van der Waals surface area contributed by atoms with E-state index in [-0.39, 0.29) is 6.04 Å². The summed E-state index contributed by atoms with van der Waals surface area (Å²) in [6.07, 6.45) is 4.06. The third-order valence-electron chi connectivity index (χ3n) is 4.28. The molecule has 1 atom stereocenters. The van der Waals surface area contributed by atoms with Crippen molar-refractivity contribution in [3.8, 4) is 0 Å². The molecule has 0 heterocycles. The van der Waals surface area contributed by atoms with Crippen LogP contribution in [0.5, 0.6) is 0 Å². The maximum atomic E-state index is 12.4. The molecule has 3 nitrogen and oxygen atoms in total. The SMILES string of the molecule is Cc1ccc(S(=O)(=O)NC(C)/C=C/C[Si](C)(C)c2ccccc2)cc1. The molecule has 0 amide bonds. The Labute approximate surface area is 152 Å². The van der Waals surface area contributed by atoms with Gasteiger partial charge in [-0.3, -0.25) is 0 Å². The lowest BCUT2D eigenvalue weighted by atomic mass is 10.2. The molecule has 0 radical (unpaired) electrons. The molecule has 1 unspecified atom stereocenters. The second-order valence-corrected chi connectivity index (χ2v) is 13.6. The summed E-state index contributed by atoms with van der Waals surface area (Å²) in [6.45, 7) is 8.45. The average molecular weight is 374 g/mol. The Bertz CT molecular complexity index is 813. The highest BCUT2D eigenvalue weighted by atomic mass is 32.2. The standard InChI is InChI=1S/C20H27NO2SSi/c1-17-12-14-19(15-13-17)24(22,23)21-18(2)9-8-16-25(3,4)20-10-6-5-7-11-20/h5-15,18,21H,16H2,1-4H3/b9-8+. The minimum absolute atomic E-state index is 0.244. The van der Waals surface area contributed by atoms with E-state index >= 15 is 0 Å². The van der Waals surface area contributed by atoms with Gasteiger partial charge in [0.05, 0.1) is 13.0 Å². The molecule has 134 valence electrons. The molecule has 0 aliphatic rings. The molecule has 0 spiro atoms. The van der Waals surface area contributed by atoms with Crippen LogP contribution in [-0.4, -0.2) is 22.5 Å². The Morgan fingerprint density at radius 2 is 1.64 bits per heavy atom. The molecule has 0 bridgehead atoms. The zero-order chi connectivity index (χ0) is 18.5. The Hall–Kier alpha value is -1.69. The van der Waals surface area contributed by atoms with E-state index in [1.807, 2.05) is 38.1 Å². The van der Waals surface area contributed by atoms with Crippen LogP contribution in [-0.2, 0) is 10.0 Å². The molecular weight excluding hydrogens is 346 g/mol. The van der Waals surface area contributed by atoms with E-state index in [1.54, 1.807) is 12.1 Å². The molecule has 0 aliphatic carbocycles. The summed E-state index contributed by atoms with van der Waals surface area (Å²) in [5.74, 6) is 0. The number of sulfonamides is 1. The normalized spacial score (nSPS) is 13.9. The van der Waals surface area contributed by atoms with Crippen LogP contribution in [0.2, 0.25) is 19.1 Å². The summed E-state index contributed by atoms with van der Waals surface area (Å²) in [5.41, 5.74) is 1.04. The molecule has 25 heavy (non-hydrogen) atoms. The molecule has 0 fully saturated rings. The maximum Gasteiger partial charge on any atom is 0.241 e. The van der Waals surface area contributed by atoms with Gasteiger partial charge in [0.1, 0.15) is 0 Å². The molecule has 0 aliphatic heterocycles. The van der Waals surface area contributed by atoms with Gasteiger partial charge in [-0.25, -0.2) is 13.1 Å². The fourth-order valence-electron chi connectivity index (χ4n) is 2.64. The molecule has 2 aromatic carbocycles. The van der Waals surface area contributed by atoms with Crippen LogP contribution in [0, 0.1) is 6.92 Å². The number of hydrogen-bond donors (Lipinski definition) is 1. The van der Waals surface area contributed by atoms with Crippen molar-refractivity contribution in [3.63, 3.8) is 0 Å². The zero-order valence-corrected chi connectivity index (χ0v) is 17.2. The second kappa shape index (κ2) is 8.12. The Kier molecular flexibility index (Phi) is 6.38. The first-order valence-electron chi connectivity index (χ1n) is 8.52. The average Bonchev–Trinajstić information content (AvgIpc) is 2.55. The van der Waals surface area contributed by atoms with E-state index in [0.717, 1.165) is 11.6 Å². The fourth-order valence-corrected chi connectivity index (χ4v) is 5.90. The first kappa shape index (κ1) is 19.6. The van der Waals surface area contributed by atoms with E-state index in [2.05, 4.69) is 48.2 Å². The predicted octanol–water partition coefficient (Wildman–Crippen LogP) is 3.83. The summed E-state index contributed by atoms with van der Waals surface area (Å²) in [5, 5.41) is 1.41. The summed E-state index contributed by atoms with van der Waals surface area (Å²) in [4.78, 5) is 0.303. The van der Waals surface area contributed by atoms with E-state index in [9.17, 15) is 8.42 Å². The molecule has 0 saturated heterocycles. The van der Waals surface area contributed by atoms with Crippen LogP contribution < -0.4 is 9.91 Å². The first-order chi connectivity index (χ1) is 11.7. The van der Waals surface area contributed by atoms with Crippen LogP contribution >= 0.6 is 0 Å². The summed E-state index contributed by atoms with van der Waals surface area (Å²) >= 11 is 0. The van der Waals surface area contributed by atoms with Crippen molar-refractivity contribution >= 4 is 23.3 Å². The van der Waals surface area contributed by atoms with Gasteiger partial charge < -0.3 is 0 Å². The van der Waals surface area contributed by atoms with Gasteiger partial charge in [-0.15, -0.1) is 0 Å². The Morgan fingerprint density at radius 1 is 1.04 bits per heavy atom. The van der Waals surface area contributed by atoms with Gasteiger partial charge in [-0.1, -0.05) is 78.5 Å². The summed E-state index contributed by atoms with van der Waals surface area (Å²) in [7, 11) is -5.02. The lowest BCUT2D eigenvalue weighted by Gasteiger charge is -2.21. The van der Waals surface area contributed by atoms with E-state index < -0.39 is 18.1 Å². The van der Waals surface area contributed by atoms with Crippen molar-refractivity contribution in [1.82, 2.24) is 4.72 Å². The lowest BCUT2D eigenvalue weighted by molar-refractivity contribution is 0.576. The van der Waals surface area contributed by atoms with Crippen LogP contribution in [0.4, 0.5) is 0 Å². The van der Waals surface area contributed by atoms with Crippen molar-refractivity contribution < 1.29 is 8.42 Å². The molecule has 5 heteroatoms. The minimum Gasteiger partial charge on any atom is -0.207 e. The van der Waals surface area contributed by atoms with Gasteiger partial charge in [0.15, 0.2) is 0 Å². The van der Waals surface area contributed by atoms with Crippen molar-refractivity contribution in [2.24, 2.45) is 0 Å². The van der Waals surface area contributed by atoms with Crippen molar-refractivity contribution in [2.75, 3.05) is 0 Å². The van der Waals surface area contributed by atoms with Crippen molar-refractivity contribution in [1.29, 1.82) is 0 Å². The van der Waals surface area contributed by atoms with Gasteiger partial charge in [0, 0.05) is 6.04 Å². The van der Waals surface area contributed by atoms with Gasteiger partial charge >= 0.3 is 0 Å². The third-order valence-corrected chi connectivity index (χ3v) is 9.01. The number of aryl methyl sites for hydroxylation is 1. The van der Waals surface area contributed by atoms with Gasteiger partial charge in [0.2, 0.25) is 10.0 Å². The van der Waals surface area contributed by atoms with Crippen molar-refractivity contribution in [2.45, 2.75) is 43.9 Å². The number of allylic oxidation sites excluding steroid dienone is 1. The maximum absolute atomic E-state index is 12.4. The quantitative estimate of drug-likeness (QED) is 0.592. The van der Waals surface area contributed by atoms with Crippen LogP contribution in [0.15, 0.2) is 71.6 Å². The van der Waals surface area contributed by atoms with Gasteiger partial charge in [0.25, 0.3) is 0 Å². The molecule has 0 aromatic heterocycles. The largest absolute Gasteiger partial charge is 0.241 e. The molecule has 0 saturated carbocycles. The second-order valence-electron chi connectivity index (χ2n) is 7.11. The number of benzene rings is 2. The van der Waals surface area contributed by atoms with E-state index in [4.69, 9.17) is 0 Å². The predicted molar refractivity (Wildman–Crippen MR) is 108 cm³/mol. The fraction of sp³-hybridized carbons (Fsp3) is 0.300. The van der Waals surface area contributed by atoms with Crippen LogP contribution in [0.1, 0.15) is 12.5 Å². The number of rotatable bonds is 7. The molecule has 1 N–H and O–H groups in total. The minimum atomic E-state index is -3.48. The monoisotopic (exact) mass is 373 g/mol. The summed E-state index contributed by atoms with van der Waals surface area (Å²) < 4.78 is 27.5. The Morgan fingerprint density at radius 3 is 2.24 bits per heavy atom. The van der Waals surface area contributed by atoms with Gasteiger partial charge in [-0.05, 0) is 32.0 Å². The smallest absolute Gasteiger partial charge is 0.207 e. The molecule has 2 rings (SSSR count). The van der Waals surface area contributed by atoms with Crippen molar-refractivity contribution in [3.05, 3.63) is 72.3 Å².